The predicted octanol–water partition coefficient (Wildman–Crippen LogP) is -6.42. The van der Waals surface area contributed by atoms with Gasteiger partial charge in [0.2, 0.25) is 10.4 Å². The fourth-order valence-corrected chi connectivity index (χ4v) is 17.5. The molecule has 0 spiro atoms. The summed E-state index contributed by atoms with van der Waals surface area (Å²) in [6, 6.07) is 0. The van der Waals surface area contributed by atoms with Crippen molar-refractivity contribution in [2.24, 2.45) is 34.5 Å². The maximum atomic E-state index is 12.5. The summed E-state index contributed by atoms with van der Waals surface area (Å²) in [5.74, 6) is -0.596. The number of hydrogen-bond donors (Lipinski definition) is 15. The van der Waals surface area contributed by atoms with Gasteiger partial charge in [0.1, 0.15) is 116 Å². The van der Waals surface area contributed by atoms with E-state index in [1.165, 1.54) is 33.3 Å². The number of aliphatic hydroxyl groups excluding tert-OH is 14. The van der Waals surface area contributed by atoms with Gasteiger partial charge in [-0.2, -0.15) is 0 Å². The van der Waals surface area contributed by atoms with Gasteiger partial charge in [-0.15, -0.1) is 0 Å². The first-order chi connectivity index (χ1) is 44.0. The Morgan fingerprint density at radius 1 is 0.589 bits per heavy atom. The second-order valence-electron chi connectivity index (χ2n) is 28.9. The molecule has 3 saturated carbocycles. The van der Waals surface area contributed by atoms with Gasteiger partial charge in [0.15, 0.2) is 37.7 Å². The van der Waals surface area contributed by atoms with Crippen LogP contribution in [-0.4, -0.2) is 299 Å². The molecule has 0 bridgehead atoms. The molecule has 38 atom stereocenters. The van der Waals surface area contributed by atoms with Gasteiger partial charge < -0.3 is 138 Å². The minimum Gasteiger partial charge on any atom is -0.726 e. The quantitative estimate of drug-likeness (QED) is 0.0247. The fraction of sp³-hybridized carbons (Fsp3) is 0.935. The summed E-state index contributed by atoms with van der Waals surface area (Å²) in [7, 11) is -5.13. The van der Waals surface area contributed by atoms with Crippen molar-refractivity contribution in [3.63, 3.8) is 0 Å². The first-order valence-electron chi connectivity index (χ1n) is 33.0. The summed E-state index contributed by atoms with van der Waals surface area (Å²) in [5, 5.41) is 169. The maximum absolute atomic E-state index is 12.5. The number of allylic oxidation sites excluding steroid dienone is 4. The smallest absolute Gasteiger partial charge is 0.726 e. The Labute approximate surface area is 574 Å². The molecule has 33 heteroatoms. The van der Waals surface area contributed by atoms with Crippen LogP contribution in [0.3, 0.4) is 0 Å². The van der Waals surface area contributed by atoms with Crippen LogP contribution in [0.2, 0.25) is 0 Å². The van der Waals surface area contributed by atoms with E-state index in [4.69, 9.17) is 61.0 Å². The Balaban J connectivity index is 0.0000106. The summed E-state index contributed by atoms with van der Waals surface area (Å²) in [4.78, 5) is 0. The topological polar surface area (TPSA) is 481 Å². The van der Waals surface area contributed by atoms with E-state index in [-0.39, 0.29) is 65.6 Å². The zero-order chi connectivity index (χ0) is 68.7. The third-order valence-electron chi connectivity index (χ3n) is 22.4. The largest absolute Gasteiger partial charge is 1.00 e. The zero-order valence-electron chi connectivity index (χ0n) is 55.3. The van der Waals surface area contributed by atoms with Crippen LogP contribution in [0.1, 0.15) is 120 Å². The molecular formula is C62H101NaO31S. The summed E-state index contributed by atoms with van der Waals surface area (Å²) >= 11 is 0. The van der Waals surface area contributed by atoms with Crippen molar-refractivity contribution < 1.29 is 180 Å². The van der Waals surface area contributed by atoms with E-state index in [0.717, 1.165) is 18.4 Å². The average Bonchev–Trinajstić information content (AvgIpc) is 1.68. The van der Waals surface area contributed by atoms with E-state index >= 15 is 0 Å². The van der Waals surface area contributed by atoms with Gasteiger partial charge in [-0.25, -0.2) is 8.42 Å². The fourth-order valence-electron chi connectivity index (χ4n) is 17.0. The van der Waals surface area contributed by atoms with Gasteiger partial charge in [-0.1, -0.05) is 37.1 Å². The van der Waals surface area contributed by atoms with Gasteiger partial charge in [0.05, 0.1) is 55.4 Å². The van der Waals surface area contributed by atoms with E-state index < -0.39 is 231 Å². The Bertz CT molecular complexity index is 2710. The Kier molecular flexibility index (Phi) is 25.5. The molecule has 0 amide bonds. The molecule has 0 unspecified atom stereocenters. The van der Waals surface area contributed by atoms with Crippen molar-refractivity contribution in [1.82, 2.24) is 0 Å². The van der Waals surface area contributed by atoms with Crippen molar-refractivity contribution in [2.75, 3.05) is 13.2 Å². The molecular weight excluding hydrogens is 1300 g/mol. The van der Waals surface area contributed by atoms with Crippen LogP contribution < -0.4 is 29.6 Å². The van der Waals surface area contributed by atoms with Crippen LogP contribution in [0.25, 0.3) is 0 Å². The number of hydrogen-bond acceptors (Lipinski definition) is 31. The van der Waals surface area contributed by atoms with Gasteiger partial charge in [-0.3, -0.25) is 4.18 Å². The first kappa shape index (κ1) is 78.4. The summed E-state index contributed by atoms with van der Waals surface area (Å²) < 4.78 is 115. The monoisotopic (exact) mass is 1400 g/mol. The molecule has 9 fully saturated rings. The molecule has 542 valence electrons. The number of aliphatic hydroxyl groups is 15. The SMILES string of the molecule is CC(C)=CCC[C@](C)(O)[C@H]1CC[C@H]2[C@@H]3C[C@H](O[C@@H]4O[C@H](C)[C@@H](O)[C@H](O[C@@H]5OC[C@@H](O[C@@H]6O[C@H](C)[C@H](O)[C@H](O)[C@H]6O[C@@H]6O[C@H](C)[C@H](O)[C@H](O[C@@H]7O[C@H](CO)[C@H](O)[C@H](O)[C@H]7O)[C@H]6O)[C@H](O)[C@H]5O[C@@H]5O[C@H](C)[C@@H](O)[C@H](O)[C@H]5O)[C@H]4O)[C@H]4C[C@@H](OS(=O)(=O)[O-])CC[C@]4(C)C3=CC[C@@]21C.[Na+]. The van der Waals surface area contributed by atoms with Gasteiger partial charge in [0, 0.05) is 0 Å². The molecule has 31 nitrogen and oxygen atoms in total. The van der Waals surface area contributed by atoms with Crippen molar-refractivity contribution in [1.29, 1.82) is 0 Å². The molecule has 0 radical (unpaired) electrons. The normalized spacial score (nSPS) is 51.8. The molecule has 4 aliphatic carbocycles. The first-order valence-corrected chi connectivity index (χ1v) is 34.3. The minimum absolute atomic E-state index is 0. The van der Waals surface area contributed by atoms with E-state index in [2.05, 4.69) is 26.0 Å². The van der Waals surface area contributed by atoms with E-state index in [1.807, 2.05) is 20.8 Å². The summed E-state index contributed by atoms with van der Waals surface area (Å²) in [5.41, 5.74) is 0.376. The predicted molar refractivity (Wildman–Crippen MR) is 315 cm³/mol. The second kappa shape index (κ2) is 30.9. The van der Waals surface area contributed by atoms with E-state index in [0.29, 0.717) is 32.1 Å². The molecule has 0 aromatic heterocycles. The third kappa shape index (κ3) is 15.9. The minimum atomic E-state index is -5.13. The molecule has 6 aliphatic heterocycles. The molecule has 0 aromatic rings. The van der Waals surface area contributed by atoms with Crippen LogP contribution in [0.5, 0.6) is 0 Å². The summed E-state index contributed by atoms with van der Waals surface area (Å²) in [6.45, 7) is 14.4. The van der Waals surface area contributed by atoms with Crippen LogP contribution >= 0.6 is 0 Å². The number of rotatable bonds is 19. The number of fused-ring (bicyclic) bond motifs is 5. The average molecular weight is 1400 g/mol. The Hall–Kier alpha value is -0.730. The summed E-state index contributed by atoms with van der Waals surface area (Å²) in [6.07, 6.45) is -42.9. The van der Waals surface area contributed by atoms with Crippen LogP contribution in [-0.2, 0) is 71.4 Å². The molecule has 6 saturated heterocycles. The molecule has 0 aromatic carbocycles. The number of ether oxygens (including phenoxy) is 12. The van der Waals surface area contributed by atoms with Crippen LogP contribution in [0, 0.1) is 34.5 Å². The van der Waals surface area contributed by atoms with E-state index in [9.17, 15) is 89.6 Å². The van der Waals surface area contributed by atoms with Gasteiger partial charge in [0.25, 0.3) is 0 Å². The van der Waals surface area contributed by atoms with Gasteiger partial charge in [-0.05, 0) is 141 Å². The van der Waals surface area contributed by atoms with Crippen molar-refractivity contribution in [2.45, 2.75) is 316 Å². The molecule has 6 heterocycles. The van der Waals surface area contributed by atoms with Crippen molar-refractivity contribution in [3.8, 4) is 0 Å². The Morgan fingerprint density at radius 2 is 1.08 bits per heavy atom. The zero-order valence-corrected chi connectivity index (χ0v) is 58.1. The Morgan fingerprint density at radius 3 is 1.66 bits per heavy atom. The third-order valence-corrected chi connectivity index (χ3v) is 22.9. The van der Waals surface area contributed by atoms with Crippen molar-refractivity contribution in [3.05, 3.63) is 23.3 Å². The molecule has 95 heavy (non-hydrogen) atoms. The standard InChI is InChI=1S/C62H102O31S.Na/c1-23(2)11-10-16-62(9,77)36-13-12-30-29-20-33(32-19-28(93-94(78,79)80)14-17-60(32,7)31(29)15-18-61(30,36)8)86-56-48(75)51(40(67)26(5)83-56)90-58-52(91-54-46(73)43(70)37(64)24(3)82-54)42(69)35(22-81-58)88-59-53(45(72)38(65)25(4)85-59)92-57-49(76)50(39(66)27(6)84-57)89-55-47(74)44(71)41(68)34(21-63)87-55;/h11,15,24-30,32-59,63-77H,10,12-14,16-22H2,1-9H3,(H,78,79,80);/q;+1/p-1/t24-,25-,26-,27-,28+,29+,30+,32-,33+,34-,35-,36+,37-,38+,39+,40-,41+,42+,43+,44+,45+,46-,47-,48-,49-,50+,51+,52-,53-,54+,55+,56+,57+,58+,59+,60-,61+,62+;/m1./s1. The van der Waals surface area contributed by atoms with Gasteiger partial charge >= 0.3 is 29.6 Å². The molecule has 10 rings (SSSR count). The molecule has 15 N–H and O–H groups in total. The van der Waals surface area contributed by atoms with Crippen LogP contribution in [0.4, 0.5) is 0 Å². The maximum Gasteiger partial charge on any atom is 1.00 e. The van der Waals surface area contributed by atoms with Crippen molar-refractivity contribution >= 4 is 10.4 Å². The van der Waals surface area contributed by atoms with Crippen LogP contribution in [0.15, 0.2) is 23.3 Å². The second-order valence-corrected chi connectivity index (χ2v) is 30.0. The van der Waals surface area contributed by atoms with E-state index in [1.54, 1.807) is 0 Å². The molecule has 10 aliphatic rings.